The highest BCUT2D eigenvalue weighted by Gasteiger charge is 2.13. The van der Waals surface area contributed by atoms with Gasteiger partial charge in [0.1, 0.15) is 0 Å². The van der Waals surface area contributed by atoms with Gasteiger partial charge in [0.05, 0.1) is 5.52 Å². The molecule has 1 N–H and O–H groups in total. The number of aromatic amines is 1. The summed E-state index contributed by atoms with van der Waals surface area (Å²) < 4.78 is 5.87. The van der Waals surface area contributed by atoms with Crippen molar-refractivity contribution in [3.8, 4) is 0 Å². The Morgan fingerprint density at radius 2 is 2.00 bits per heavy atom. The Kier molecular flexibility index (Phi) is 3.06. The van der Waals surface area contributed by atoms with Crippen LogP contribution in [0.2, 0.25) is 0 Å². The zero-order chi connectivity index (χ0) is 14.3. The molecule has 0 atom stereocenters. The Hall–Kier alpha value is -2.14. The van der Waals surface area contributed by atoms with Crippen molar-refractivity contribution in [3.05, 3.63) is 68.1 Å². The van der Waals surface area contributed by atoms with Crippen molar-refractivity contribution in [1.82, 2.24) is 4.98 Å². The molecule has 0 spiro atoms. The first-order valence-electron chi connectivity index (χ1n) is 5.98. The number of carbonyl (C=O) groups is 1. The number of aryl methyl sites for hydroxylation is 1. The number of benzene rings is 2. The fourth-order valence-electron chi connectivity index (χ4n) is 2.15. The van der Waals surface area contributed by atoms with Gasteiger partial charge in [-0.25, -0.2) is 4.79 Å². The first-order chi connectivity index (χ1) is 9.54. The van der Waals surface area contributed by atoms with Gasteiger partial charge >= 0.3 is 5.76 Å². The lowest BCUT2D eigenvalue weighted by Gasteiger charge is -2.03. The molecule has 0 aliphatic heterocycles. The SMILES string of the molecule is Cc1cc(C(=O)c2cccc(Br)c2)cc2oc(=O)[nH]c12. The average molecular weight is 332 g/mol. The number of hydrogen-bond donors (Lipinski definition) is 1. The number of aromatic nitrogens is 1. The highest BCUT2D eigenvalue weighted by molar-refractivity contribution is 9.10. The zero-order valence-electron chi connectivity index (χ0n) is 10.6. The van der Waals surface area contributed by atoms with Gasteiger partial charge in [-0.3, -0.25) is 9.78 Å². The van der Waals surface area contributed by atoms with E-state index in [1.165, 1.54) is 0 Å². The van der Waals surface area contributed by atoms with Gasteiger partial charge in [-0.1, -0.05) is 28.1 Å². The van der Waals surface area contributed by atoms with Gasteiger partial charge in [0.25, 0.3) is 0 Å². The van der Waals surface area contributed by atoms with Gasteiger partial charge in [-0.2, -0.15) is 0 Å². The second-order valence-corrected chi connectivity index (χ2v) is 5.44. The molecular weight excluding hydrogens is 322 g/mol. The number of H-pyrrole nitrogens is 1. The van der Waals surface area contributed by atoms with Crippen molar-refractivity contribution < 1.29 is 9.21 Å². The molecule has 0 fully saturated rings. The molecule has 5 heteroatoms. The van der Waals surface area contributed by atoms with E-state index in [-0.39, 0.29) is 5.78 Å². The summed E-state index contributed by atoms with van der Waals surface area (Å²) in [5.41, 5.74) is 2.90. The Morgan fingerprint density at radius 3 is 2.75 bits per heavy atom. The molecule has 3 rings (SSSR count). The van der Waals surface area contributed by atoms with E-state index in [9.17, 15) is 9.59 Å². The molecule has 4 nitrogen and oxygen atoms in total. The van der Waals surface area contributed by atoms with Crippen molar-refractivity contribution in [1.29, 1.82) is 0 Å². The fourth-order valence-corrected chi connectivity index (χ4v) is 2.55. The molecule has 1 aromatic heterocycles. The number of rotatable bonds is 2. The van der Waals surface area contributed by atoms with Crippen LogP contribution in [0.5, 0.6) is 0 Å². The van der Waals surface area contributed by atoms with Crippen LogP contribution in [0, 0.1) is 6.92 Å². The van der Waals surface area contributed by atoms with Crippen LogP contribution in [0.1, 0.15) is 21.5 Å². The molecule has 0 aliphatic carbocycles. The van der Waals surface area contributed by atoms with Crippen molar-refractivity contribution in [2.24, 2.45) is 0 Å². The average Bonchev–Trinajstić information content (AvgIpc) is 2.79. The molecule has 0 saturated heterocycles. The lowest BCUT2D eigenvalue weighted by Crippen LogP contribution is -2.01. The monoisotopic (exact) mass is 331 g/mol. The lowest BCUT2D eigenvalue weighted by molar-refractivity contribution is 0.103. The normalized spacial score (nSPS) is 10.9. The van der Waals surface area contributed by atoms with Crippen LogP contribution < -0.4 is 5.76 Å². The van der Waals surface area contributed by atoms with Crippen LogP contribution in [0.3, 0.4) is 0 Å². The number of ketones is 1. The summed E-state index contributed by atoms with van der Waals surface area (Å²) in [4.78, 5) is 26.3. The number of fused-ring (bicyclic) bond motifs is 1. The number of hydrogen-bond acceptors (Lipinski definition) is 3. The lowest BCUT2D eigenvalue weighted by atomic mass is 10.0. The third-order valence-electron chi connectivity index (χ3n) is 3.08. The second kappa shape index (κ2) is 4.76. The summed E-state index contributed by atoms with van der Waals surface area (Å²) in [6, 6.07) is 10.5. The predicted molar refractivity (Wildman–Crippen MR) is 79.1 cm³/mol. The smallest absolute Gasteiger partial charge is 0.408 e. The number of carbonyl (C=O) groups excluding carboxylic acids is 1. The highest BCUT2D eigenvalue weighted by atomic mass is 79.9. The maximum atomic E-state index is 12.5. The molecule has 100 valence electrons. The maximum absolute atomic E-state index is 12.5. The van der Waals surface area contributed by atoms with Gasteiger partial charge in [0.2, 0.25) is 0 Å². The first-order valence-corrected chi connectivity index (χ1v) is 6.77. The molecule has 0 saturated carbocycles. The molecule has 0 unspecified atom stereocenters. The predicted octanol–water partition coefficient (Wildman–Crippen LogP) is 3.42. The van der Waals surface area contributed by atoms with E-state index in [4.69, 9.17) is 4.42 Å². The van der Waals surface area contributed by atoms with E-state index < -0.39 is 5.76 Å². The van der Waals surface area contributed by atoms with Crippen molar-refractivity contribution in [2.45, 2.75) is 6.92 Å². The van der Waals surface area contributed by atoms with Crippen LogP contribution >= 0.6 is 15.9 Å². The fraction of sp³-hybridized carbons (Fsp3) is 0.0667. The van der Waals surface area contributed by atoms with E-state index in [0.29, 0.717) is 22.2 Å². The van der Waals surface area contributed by atoms with Crippen LogP contribution in [-0.2, 0) is 0 Å². The minimum atomic E-state index is -0.518. The minimum absolute atomic E-state index is 0.111. The van der Waals surface area contributed by atoms with Crippen molar-refractivity contribution in [2.75, 3.05) is 0 Å². The minimum Gasteiger partial charge on any atom is -0.408 e. The van der Waals surface area contributed by atoms with Gasteiger partial charge in [-0.15, -0.1) is 0 Å². The topological polar surface area (TPSA) is 63.1 Å². The molecule has 1 heterocycles. The second-order valence-electron chi connectivity index (χ2n) is 4.52. The van der Waals surface area contributed by atoms with Crippen molar-refractivity contribution in [3.63, 3.8) is 0 Å². The van der Waals surface area contributed by atoms with Crippen LogP contribution in [0.25, 0.3) is 11.1 Å². The maximum Gasteiger partial charge on any atom is 0.417 e. The first kappa shape index (κ1) is 12.9. The van der Waals surface area contributed by atoms with Gasteiger partial charge in [-0.05, 0) is 36.8 Å². The third-order valence-corrected chi connectivity index (χ3v) is 3.57. The van der Waals surface area contributed by atoms with Crippen LogP contribution in [-0.4, -0.2) is 10.8 Å². The van der Waals surface area contributed by atoms with Gasteiger partial charge < -0.3 is 4.42 Å². The summed E-state index contributed by atoms with van der Waals surface area (Å²) >= 11 is 3.34. The molecule has 0 radical (unpaired) electrons. The quantitative estimate of drug-likeness (QED) is 0.732. The molecule has 20 heavy (non-hydrogen) atoms. The Morgan fingerprint density at radius 1 is 1.20 bits per heavy atom. The van der Waals surface area contributed by atoms with Crippen LogP contribution in [0.15, 0.2) is 50.1 Å². The van der Waals surface area contributed by atoms with E-state index in [2.05, 4.69) is 20.9 Å². The summed E-state index contributed by atoms with van der Waals surface area (Å²) in [5.74, 6) is -0.629. The molecular formula is C15H10BrNO3. The van der Waals surface area contributed by atoms with Crippen LogP contribution in [0.4, 0.5) is 0 Å². The summed E-state index contributed by atoms with van der Waals surface area (Å²) in [6.45, 7) is 1.82. The number of nitrogens with one attached hydrogen (secondary N) is 1. The third kappa shape index (κ3) is 2.20. The molecule has 0 amide bonds. The molecule has 3 aromatic rings. The Balaban J connectivity index is 2.14. The Bertz CT molecular complexity index is 876. The molecule has 0 aliphatic rings. The van der Waals surface area contributed by atoms with Gasteiger partial charge in [0.15, 0.2) is 11.4 Å². The van der Waals surface area contributed by atoms with E-state index in [1.54, 1.807) is 30.3 Å². The summed E-state index contributed by atoms with van der Waals surface area (Å²) in [7, 11) is 0. The molecule has 2 aromatic carbocycles. The standard InChI is InChI=1S/C15H10BrNO3/c1-8-5-10(7-12-13(8)17-15(19)20-12)14(18)9-3-2-4-11(16)6-9/h2-7H,1H3,(H,17,19). The van der Waals surface area contributed by atoms with E-state index in [0.717, 1.165) is 10.0 Å². The Labute approximate surface area is 122 Å². The van der Waals surface area contributed by atoms with E-state index >= 15 is 0 Å². The molecule has 0 bridgehead atoms. The largest absolute Gasteiger partial charge is 0.417 e. The highest BCUT2D eigenvalue weighted by Crippen LogP contribution is 2.21. The van der Waals surface area contributed by atoms with E-state index in [1.807, 2.05) is 13.0 Å². The number of halogens is 1. The summed E-state index contributed by atoms with van der Waals surface area (Å²) in [5, 5.41) is 0. The van der Waals surface area contributed by atoms with Crippen molar-refractivity contribution >= 4 is 32.8 Å². The zero-order valence-corrected chi connectivity index (χ0v) is 12.2. The number of oxazole rings is 1. The van der Waals surface area contributed by atoms with Gasteiger partial charge in [0, 0.05) is 15.6 Å². The summed E-state index contributed by atoms with van der Waals surface area (Å²) in [6.07, 6.45) is 0.